The van der Waals surface area contributed by atoms with Crippen LogP contribution < -0.4 is 4.90 Å². The first-order valence-corrected chi connectivity index (χ1v) is 7.60. The minimum absolute atomic E-state index is 0.181. The largest absolute Gasteiger partial charge is 0.377 e. The second-order valence-electron chi connectivity index (χ2n) is 5.20. The molecule has 0 bridgehead atoms. The van der Waals surface area contributed by atoms with Gasteiger partial charge in [0.05, 0.1) is 12.7 Å². The summed E-state index contributed by atoms with van der Waals surface area (Å²) in [5.74, 6) is 0.181. The van der Waals surface area contributed by atoms with E-state index in [9.17, 15) is 4.79 Å². The first kappa shape index (κ1) is 16.7. The van der Waals surface area contributed by atoms with E-state index in [-0.39, 0.29) is 12.0 Å². The highest BCUT2D eigenvalue weighted by molar-refractivity contribution is 5.94. The number of carbonyl (C=O) groups excluding carboxylic acids is 1. The molecule has 0 N–H and O–H groups in total. The molecule has 3 heteroatoms. The van der Waals surface area contributed by atoms with Crippen molar-refractivity contribution in [2.45, 2.75) is 53.1 Å². The summed E-state index contributed by atoms with van der Waals surface area (Å²) in [6.07, 6.45) is 2.57. The zero-order valence-corrected chi connectivity index (χ0v) is 13.2. The molecule has 0 aliphatic heterocycles. The van der Waals surface area contributed by atoms with Crippen LogP contribution in [0.1, 0.15) is 46.1 Å². The van der Waals surface area contributed by atoms with Gasteiger partial charge < -0.3 is 9.64 Å². The van der Waals surface area contributed by atoms with Crippen LogP contribution in [0, 0.1) is 0 Å². The maximum atomic E-state index is 12.4. The molecule has 20 heavy (non-hydrogen) atoms. The predicted molar refractivity (Wildman–Crippen MR) is 84.2 cm³/mol. The average molecular weight is 277 g/mol. The number of aryl methyl sites for hydroxylation is 1. The molecule has 3 nitrogen and oxygen atoms in total. The van der Waals surface area contributed by atoms with Crippen molar-refractivity contribution in [3.05, 3.63) is 29.8 Å². The molecular formula is C17H27NO2. The van der Waals surface area contributed by atoms with Gasteiger partial charge in [-0.2, -0.15) is 0 Å². The normalized spacial score (nSPS) is 10.8. The molecule has 1 rings (SSSR count). The fourth-order valence-electron chi connectivity index (χ4n) is 2.18. The van der Waals surface area contributed by atoms with Crippen LogP contribution >= 0.6 is 0 Å². The van der Waals surface area contributed by atoms with E-state index in [0.29, 0.717) is 19.6 Å². The molecule has 1 aromatic rings. The summed E-state index contributed by atoms with van der Waals surface area (Å²) in [5, 5.41) is 0. The molecule has 0 aliphatic carbocycles. The van der Waals surface area contributed by atoms with Crippen LogP contribution in [0.3, 0.4) is 0 Å². The molecule has 0 spiro atoms. The minimum atomic E-state index is 0.181. The van der Waals surface area contributed by atoms with Gasteiger partial charge in [-0.25, -0.2) is 0 Å². The Labute approximate surface area is 122 Å². The summed E-state index contributed by atoms with van der Waals surface area (Å²) >= 11 is 0. The number of ether oxygens (including phenoxy) is 1. The second kappa shape index (κ2) is 8.75. The van der Waals surface area contributed by atoms with Gasteiger partial charge in [0.15, 0.2) is 0 Å². The topological polar surface area (TPSA) is 29.5 Å². The van der Waals surface area contributed by atoms with Gasteiger partial charge in [0, 0.05) is 18.7 Å². The SMILES string of the molecule is CCCC(=O)N(CCOC(C)C)c1ccccc1CC. The van der Waals surface area contributed by atoms with Gasteiger partial charge in [-0.3, -0.25) is 4.79 Å². The summed E-state index contributed by atoms with van der Waals surface area (Å²) in [4.78, 5) is 14.2. The third-order valence-electron chi connectivity index (χ3n) is 3.19. The van der Waals surface area contributed by atoms with Crippen molar-refractivity contribution in [2.75, 3.05) is 18.1 Å². The second-order valence-corrected chi connectivity index (χ2v) is 5.20. The standard InChI is InChI=1S/C17H27NO2/c1-5-9-17(19)18(12-13-20-14(3)4)16-11-8-7-10-15(16)6-2/h7-8,10-11,14H,5-6,9,12-13H2,1-4H3. The Morgan fingerprint density at radius 3 is 2.55 bits per heavy atom. The lowest BCUT2D eigenvalue weighted by atomic mass is 10.1. The predicted octanol–water partition coefficient (Wildman–Crippen LogP) is 3.81. The maximum Gasteiger partial charge on any atom is 0.227 e. The Kier molecular flexibility index (Phi) is 7.31. The fraction of sp³-hybridized carbons (Fsp3) is 0.588. The van der Waals surface area contributed by atoms with Crippen molar-refractivity contribution in [3.63, 3.8) is 0 Å². The highest BCUT2D eigenvalue weighted by atomic mass is 16.5. The average Bonchev–Trinajstić information content (AvgIpc) is 2.43. The third-order valence-corrected chi connectivity index (χ3v) is 3.19. The van der Waals surface area contributed by atoms with Crippen LogP contribution in [0.15, 0.2) is 24.3 Å². The van der Waals surface area contributed by atoms with Crippen molar-refractivity contribution in [1.82, 2.24) is 0 Å². The lowest BCUT2D eigenvalue weighted by Crippen LogP contribution is -2.35. The van der Waals surface area contributed by atoms with Crippen molar-refractivity contribution >= 4 is 11.6 Å². The minimum Gasteiger partial charge on any atom is -0.377 e. The number of rotatable bonds is 8. The molecule has 0 unspecified atom stereocenters. The van der Waals surface area contributed by atoms with Crippen LogP contribution in [0.2, 0.25) is 0 Å². The summed E-state index contributed by atoms with van der Waals surface area (Å²) in [6.45, 7) is 9.37. The van der Waals surface area contributed by atoms with E-state index in [4.69, 9.17) is 4.74 Å². The summed E-state index contributed by atoms with van der Waals surface area (Å²) < 4.78 is 5.60. The Bertz CT molecular complexity index is 415. The van der Waals surface area contributed by atoms with Crippen LogP contribution in [0.5, 0.6) is 0 Å². The monoisotopic (exact) mass is 277 g/mol. The van der Waals surface area contributed by atoms with Gasteiger partial charge in [0.1, 0.15) is 0 Å². The Hall–Kier alpha value is -1.35. The third kappa shape index (κ3) is 4.97. The van der Waals surface area contributed by atoms with Crippen LogP contribution in [0.25, 0.3) is 0 Å². The van der Waals surface area contributed by atoms with E-state index in [1.54, 1.807) is 0 Å². The Balaban J connectivity index is 2.88. The van der Waals surface area contributed by atoms with Gasteiger partial charge in [-0.05, 0) is 38.3 Å². The lowest BCUT2D eigenvalue weighted by Gasteiger charge is -2.25. The van der Waals surface area contributed by atoms with Gasteiger partial charge in [-0.15, -0.1) is 0 Å². The number of benzene rings is 1. The van der Waals surface area contributed by atoms with Gasteiger partial charge >= 0.3 is 0 Å². The van der Waals surface area contributed by atoms with E-state index < -0.39 is 0 Å². The maximum absolute atomic E-state index is 12.4. The number of hydrogen-bond acceptors (Lipinski definition) is 2. The quantitative estimate of drug-likeness (QED) is 0.723. The van der Waals surface area contributed by atoms with E-state index in [1.165, 1.54) is 5.56 Å². The van der Waals surface area contributed by atoms with Crippen LogP contribution in [-0.2, 0) is 16.0 Å². The molecule has 0 radical (unpaired) electrons. The zero-order chi connectivity index (χ0) is 15.0. The van der Waals surface area contributed by atoms with Crippen molar-refractivity contribution < 1.29 is 9.53 Å². The van der Waals surface area contributed by atoms with E-state index in [1.807, 2.05) is 43.9 Å². The van der Waals surface area contributed by atoms with Gasteiger partial charge in [0.2, 0.25) is 5.91 Å². The van der Waals surface area contributed by atoms with Crippen molar-refractivity contribution in [2.24, 2.45) is 0 Å². The first-order valence-electron chi connectivity index (χ1n) is 7.60. The Morgan fingerprint density at radius 1 is 1.25 bits per heavy atom. The fourth-order valence-corrected chi connectivity index (χ4v) is 2.18. The molecule has 0 saturated heterocycles. The van der Waals surface area contributed by atoms with E-state index >= 15 is 0 Å². The molecule has 112 valence electrons. The highest BCUT2D eigenvalue weighted by Crippen LogP contribution is 2.22. The Morgan fingerprint density at radius 2 is 1.95 bits per heavy atom. The molecule has 0 saturated carbocycles. The highest BCUT2D eigenvalue weighted by Gasteiger charge is 2.17. The van der Waals surface area contributed by atoms with E-state index in [2.05, 4.69) is 13.0 Å². The summed E-state index contributed by atoms with van der Waals surface area (Å²) in [6, 6.07) is 8.13. The lowest BCUT2D eigenvalue weighted by molar-refractivity contribution is -0.118. The van der Waals surface area contributed by atoms with Crippen molar-refractivity contribution in [1.29, 1.82) is 0 Å². The number of carbonyl (C=O) groups is 1. The number of hydrogen-bond donors (Lipinski definition) is 0. The summed E-state index contributed by atoms with van der Waals surface area (Å²) in [7, 11) is 0. The van der Waals surface area contributed by atoms with Gasteiger partial charge in [-0.1, -0.05) is 32.0 Å². The zero-order valence-electron chi connectivity index (χ0n) is 13.2. The van der Waals surface area contributed by atoms with Crippen LogP contribution in [-0.4, -0.2) is 25.2 Å². The number of para-hydroxylation sites is 1. The van der Waals surface area contributed by atoms with Crippen molar-refractivity contribution in [3.8, 4) is 0 Å². The molecule has 0 aromatic heterocycles. The molecule has 1 aromatic carbocycles. The molecular weight excluding hydrogens is 250 g/mol. The molecule has 0 atom stereocenters. The number of nitrogens with zero attached hydrogens (tertiary/aromatic N) is 1. The number of anilines is 1. The van der Waals surface area contributed by atoms with Crippen LogP contribution in [0.4, 0.5) is 5.69 Å². The number of amides is 1. The molecule has 0 aliphatic rings. The van der Waals surface area contributed by atoms with Gasteiger partial charge in [0.25, 0.3) is 0 Å². The first-order chi connectivity index (χ1) is 9.60. The smallest absolute Gasteiger partial charge is 0.227 e. The molecule has 1 amide bonds. The molecule has 0 heterocycles. The van der Waals surface area contributed by atoms with E-state index in [0.717, 1.165) is 18.5 Å². The molecule has 0 fully saturated rings. The summed E-state index contributed by atoms with van der Waals surface area (Å²) in [5.41, 5.74) is 2.24.